The number of rotatable bonds is 11. The lowest BCUT2D eigenvalue weighted by atomic mass is 10.0. The lowest BCUT2D eigenvalue weighted by Crippen LogP contribution is -2.48. The molecule has 1 aliphatic rings. The molecular formula is C26H34N4O6. The fourth-order valence-corrected chi connectivity index (χ4v) is 4.24. The van der Waals surface area contributed by atoms with Gasteiger partial charge in [0.05, 0.1) is 6.61 Å². The van der Waals surface area contributed by atoms with Crippen molar-refractivity contribution in [1.29, 1.82) is 0 Å². The maximum atomic E-state index is 13.5. The number of benzene rings is 1. The van der Waals surface area contributed by atoms with Crippen molar-refractivity contribution < 1.29 is 28.4 Å². The highest BCUT2D eigenvalue weighted by Crippen LogP contribution is 2.25. The van der Waals surface area contributed by atoms with Crippen LogP contribution in [0.25, 0.3) is 0 Å². The number of carbonyl (C=O) groups excluding carboxylic acids is 4. The molecule has 1 aromatic carbocycles. The zero-order valence-corrected chi connectivity index (χ0v) is 21.0. The highest BCUT2D eigenvalue weighted by Gasteiger charge is 2.34. The van der Waals surface area contributed by atoms with Crippen molar-refractivity contribution in [3.05, 3.63) is 47.2 Å². The van der Waals surface area contributed by atoms with Gasteiger partial charge in [-0.15, -0.1) is 0 Å². The lowest BCUT2D eigenvalue weighted by Gasteiger charge is -2.31. The molecule has 10 nitrogen and oxygen atoms in total. The zero-order chi connectivity index (χ0) is 26.1. The summed E-state index contributed by atoms with van der Waals surface area (Å²) >= 11 is 0. The molecule has 0 saturated heterocycles. The van der Waals surface area contributed by atoms with Gasteiger partial charge in [-0.3, -0.25) is 19.2 Å². The van der Waals surface area contributed by atoms with Crippen LogP contribution in [0.5, 0.6) is 0 Å². The third kappa shape index (κ3) is 7.66. The average molecular weight is 499 g/mol. The number of hydrogen-bond acceptors (Lipinski definition) is 7. The van der Waals surface area contributed by atoms with Crippen LogP contribution >= 0.6 is 0 Å². The fraction of sp³-hybridized carbons (Fsp3) is 0.500. The van der Waals surface area contributed by atoms with Gasteiger partial charge in [0.25, 0.3) is 0 Å². The Kier molecular flexibility index (Phi) is 9.61. The Balaban J connectivity index is 1.81. The molecule has 0 aliphatic heterocycles. The molecule has 1 saturated carbocycles. The van der Waals surface area contributed by atoms with Crippen LogP contribution in [0.3, 0.4) is 0 Å². The molecular weight excluding hydrogens is 464 g/mol. The first-order valence-corrected chi connectivity index (χ1v) is 12.3. The van der Waals surface area contributed by atoms with Gasteiger partial charge in [0.2, 0.25) is 17.7 Å². The van der Waals surface area contributed by atoms with Crippen LogP contribution in [-0.2, 0) is 23.9 Å². The van der Waals surface area contributed by atoms with E-state index in [9.17, 15) is 19.2 Å². The molecule has 0 bridgehead atoms. The average Bonchev–Trinajstić information content (AvgIpc) is 3.50. The van der Waals surface area contributed by atoms with Gasteiger partial charge < -0.3 is 24.8 Å². The topological polar surface area (TPSA) is 131 Å². The predicted octanol–water partition coefficient (Wildman–Crippen LogP) is 3.20. The van der Waals surface area contributed by atoms with Crippen LogP contribution in [0.2, 0.25) is 0 Å². The van der Waals surface area contributed by atoms with E-state index in [1.165, 1.54) is 4.90 Å². The van der Waals surface area contributed by atoms with Crippen LogP contribution in [0.15, 0.2) is 34.9 Å². The maximum Gasteiger partial charge on any atom is 0.325 e. The molecule has 1 heterocycles. The first-order valence-electron chi connectivity index (χ1n) is 12.3. The van der Waals surface area contributed by atoms with Crippen molar-refractivity contribution in [2.45, 2.75) is 71.4 Å². The minimum atomic E-state index is -1.04. The second-order valence-electron chi connectivity index (χ2n) is 9.00. The molecule has 1 aliphatic carbocycles. The molecule has 1 atom stereocenters. The molecule has 2 aromatic rings. The summed E-state index contributed by atoms with van der Waals surface area (Å²) in [6.07, 6.45) is 3.45. The number of hydrogen-bond donors (Lipinski definition) is 2. The van der Waals surface area contributed by atoms with E-state index in [0.717, 1.165) is 31.2 Å². The largest absolute Gasteiger partial charge is 0.465 e. The Labute approximate surface area is 210 Å². The van der Waals surface area contributed by atoms with Crippen LogP contribution < -0.4 is 10.6 Å². The normalized spacial score (nSPS) is 14.2. The van der Waals surface area contributed by atoms with Gasteiger partial charge in [0.1, 0.15) is 18.3 Å². The van der Waals surface area contributed by atoms with Crippen molar-refractivity contribution in [1.82, 2.24) is 15.4 Å². The quantitative estimate of drug-likeness (QED) is 0.455. The number of aromatic nitrogens is 1. The molecule has 0 spiro atoms. The number of nitrogens with zero attached hydrogens (tertiary/aromatic N) is 2. The summed E-state index contributed by atoms with van der Waals surface area (Å²) in [5.74, 6) is -1.14. The van der Waals surface area contributed by atoms with E-state index >= 15 is 0 Å². The Morgan fingerprint density at radius 1 is 1.11 bits per heavy atom. The summed E-state index contributed by atoms with van der Waals surface area (Å²) in [5, 5.41) is 9.33. The van der Waals surface area contributed by atoms with Gasteiger partial charge in [0.15, 0.2) is 5.82 Å². The standard InChI is InChI=1S/C26H34N4O6/c1-4-35-24(33)16-30(23(32)14-13-22(31)28-21-15-18(3)36-29-21)25(19-11-9-17(2)10-12-19)26(34)27-20-7-5-6-8-20/h9-12,15,20,25H,4-8,13-14,16H2,1-3H3,(H,27,34)(H,28,29,31)/t25-/m1/s1. The third-order valence-corrected chi connectivity index (χ3v) is 6.04. The van der Waals surface area contributed by atoms with Crippen molar-refractivity contribution in [2.24, 2.45) is 0 Å². The second kappa shape index (κ2) is 12.9. The minimum absolute atomic E-state index is 0.0293. The SMILES string of the molecule is CCOC(=O)CN(C(=O)CCC(=O)Nc1cc(C)on1)[C@@H](C(=O)NC1CCCC1)c1ccc(C)cc1. The molecule has 2 N–H and O–H groups in total. The summed E-state index contributed by atoms with van der Waals surface area (Å²) in [5.41, 5.74) is 1.58. The fourth-order valence-electron chi connectivity index (χ4n) is 4.24. The highest BCUT2D eigenvalue weighted by atomic mass is 16.5. The monoisotopic (exact) mass is 498 g/mol. The smallest absolute Gasteiger partial charge is 0.325 e. The molecule has 3 rings (SSSR count). The van der Waals surface area contributed by atoms with Crippen LogP contribution in [0.1, 0.15) is 68.4 Å². The van der Waals surface area contributed by atoms with Gasteiger partial charge >= 0.3 is 5.97 Å². The summed E-state index contributed by atoms with van der Waals surface area (Å²) < 4.78 is 10.0. The van der Waals surface area contributed by atoms with E-state index in [0.29, 0.717) is 11.3 Å². The maximum absolute atomic E-state index is 13.5. The number of amides is 3. The van der Waals surface area contributed by atoms with E-state index in [-0.39, 0.29) is 37.2 Å². The summed E-state index contributed by atoms with van der Waals surface area (Å²) in [4.78, 5) is 52.9. The summed E-state index contributed by atoms with van der Waals surface area (Å²) in [6.45, 7) is 5.02. The lowest BCUT2D eigenvalue weighted by molar-refractivity contribution is -0.152. The van der Waals surface area contributed by atoms with E-state index in [2.05, 4.69) is 15.8 Å². The van der Waals surface area contributed by atoms with Gasteiger partial charge in [-0.05, 0) is 39.2 Å². The van der Waals surface area contributed by atoms with E-state index in [1.54, 1.807) is 32.0 Å². The molecule has 0 radical (unpaired) electrons. The number of carbonyl (C=O) groups is 4. The first-order chi connectivity index (χ1) is 17.3. The summed E-state index contributed by atoms with van der Waals surface area (Å²) in [6, 6.07) is 7.81. The van der Waals surface area contributed by atoms with E-state index < -0.39 is 30.4 Å². The molecule has 1 aromatic heterocycles. The Hall–Kier alpha value is -3.69. The van der Waals surface area contributed by atoms with Gasteiger partial charge in [0, 0.05) is 24.9 Å². The Bertz CT molecular complexity index is 1060. The van der Waals surface area contributed by atoms with E-state index in [1.807, 2.05) is 19.1 Å². The van der Waals surface area contributed by atoms with E-state index in [4.69, 9.17) is 9.26 Å². The molecule has 10 heteroatoms. The molecule has 194 valence electrons. The summed E-state index contributed by atoms with van der Waals surface area (Å²) in [7, 11) is 0. The number of anilines is 1. The van der Waals surface area contributed by atoms with Gasteiger partial charge in [-0.25, -0.2) is 0 Å². The molecule has 3 amide bonds. The number of nitrogens with one attached hydrogen (secondary N) is 2. The Morgan fingerprint density at radius 2 is 1.81 bits per heavy atom. The first kappa shape index (κ1) is 26.9. The van der Waals surface area contributed by atoms with Crippen molar-refractivity contribution in [2.75, 3.05) is 18.5 Å². The zero-order valence-electron chi connectivity index (χ0n) is 21.0. The van der Waals surface area contributed by atoms with Crippen LogP contribution in [-0.4, -0.2) is 52.9 Å². The third-order valence-electron chi connectivity index (χ3n) is 6.04. The number of aryl methyl sites for hydroxylation is 2. The van der Waals surface area contributed by atoms with Gasteiger partial charge in [-0.2, -0.15) is 0 Å². The predicted molar refractivity (Wildman–Crippen MR) is 132 cm³/mol. The number of ether oxygens (including phenoxy) is 1. The van der Waals surface area contributed by atoms with Crippen LogP contribution in [0.4, 0.5) is 5.82 Å². The highest BCUT2D eigenvalue weighted by molar-refractivity contribution is 5.95. The second-order valence-corrected chi connectivity index (χ2v) is 9.00. The van der Waals surface area contributed by atoms with Gasteiger partial charge in [-0.1, -0.05) is 47.8 Å². The molecule has 0 unspecified atom stereocenters. The van der Waals surface area contributed by atoms with Crippen molar-refractivity contribution in [3.8, 4) is 0 Å². The van der Waals surface area contributed by atoms with Crippen LogP contribution in [0, 0.1) is 13.8 Å². The van der Waals surface area contributed by atoms with Crippen molar-refractivity contribution in [3.63, 3.8) is 0 Å². The van der Waals surface area contributed by atoms with Crippen molar-refractivity contribution >= 4 is 29.5 Å². The molecule has 1 fully saturated rings. The number of esters is 1. The minimum Gasteiger partial charge on any atom is -0.465 e. The Morgan fingerprint density at radius 3 is 2.42 bits per heavy atom. The molecule has 36 heavy (non-hydrogen) atoms.